The number of carbonyl (C=O) groups is 2. The minimum Gasteiger partial charge on any atom is -0.323 e. The normalized spacial score (nSPS) is 25.2. The average Bonchev–Trinajstić information content (AvgIpc) is 2.80. The van der Waals surface area contributed by atoms with Crippen LogP contribution in [0.1, 0.15) is 29.9 Å². The van der Waals surface area contributed by atoms with Crippen LogP contribution in [-0.4, -0.2) is 22.5 Å². The van der Waals surface area contributed by atoms with Crippen molar-refractivity contribution in [1.82, 2.24) is 10.3 Å². The standard InChI is InChI=1S/C18H15ClFN3O2/c1-10-6-14(15(20)21-9-10)23-16(24)18(22-17(23)25)7-11(8-18)12-4-2-3-5-13(12)19/h2-6,9,11H,7-8H2,1H3,(H,22,25). The smallest absolute Gasteiger partial charge is 0.323 e. The molecule has 1 aliphatic heterocycles. The van der Waals surface area contributed by atoms with Crippen LogP contribution in [0.15, 0.2) is 36.5 Å². The number of pyridine rings is 1. The number of aromatic nitrogens is 1. The van der Waals surface area contributed by atoms with Crippen molar-refractivity contribution in [1.29, 1.82) is 0 Å². The van der Waals surface area contributed by atoms with Crippen molar-refractivity contribution in [3.63, 3.8) is 0 Å². The van der Waals surface area contributed by atoms with Gasteiger partial charge in [-0.15, -0.1) is 0 Å². The van der Waals surface area contributed by atoms with Gasteiger partial charge in [-0.25, -0.2) is 14.7 Å². The highest BCUT2D eigenvalue weighted by molar-refractivity contribution is 6.31. The van der Waals surface area contributed by atoms with Crippen molar-refractivity contribution in [2.75, 3.05) is 4.90 Å². The summed E-state index contributed by atoms with van der Waals surface area (Å²) in [6.45, 7) is 1.72. The van der Waals surface area contributed by atoms with E-state index < -0.39 is 23.4 Å². The molecule has 0 unspecified atom stereocenters. The largest absolute Gasteiger partial charge is 0.329 e. The van der Waals surface area contributed by atoms with Crippen LogP contribution in [0.2, 0.25) is 5.02 Å². The molecule has 1 aromatic heterocycles. The van der Waals surface area contributed by atoms with Crippen LogP contribution in [-0.2, 0) is 4.79 Å². The van der Waals surface area contributed by atoms with E-state index in [9.17, 15) is 14.0 Å². The highest BCUT2D eigenvalue weighted by Gasteiger charge is 2.59. The maximum Gasteiger partial charge on any atom is 0.329 e. The number of anilines is 1. The molecule has 1 aliphatic carbocycles. The number of nitrogens with one attached hydrogen (secondary N) is 1. The van der Waals surface area contributed by atoms with Crippen molar-refractivity contribution in [3.8, 4) is 0 Å². The Morgan fingerprint density at radius 3 is 2.76 bits per heavy atom. The van der Waals surface area contributed by atoms with Crippen molar-refractivity contribution in [2.24, 2.45) is 0 Å². The Hall–Kier alpha value is -2.47. The summed E-state index contributed by atoms with van der Waals surface area (Å²) < 4.78 is 14.0. The fourth-order valence-electron chi connectivity index (χ4n) is 3.62. The molecule has 2 heterocycles. The van der Waals surface area contributed by atoms with E-state index in [1.54, 1.807) is 13.0 Å². The van der Waals surface area contributed by atoms with Crippen LogP contribution in [0, 0.1) is 12.9 Å². The summed E-state index contributed by atoms with van der Waals surface area (Å²) in [5, 5.41) is 3.37. The zero-order chi connectivity index (χ0) is 17.8. The molecule has 25 heavy (non-hydrogen) atoms. The summed E-state index contributed by atoms with van der Waals surface area (Å²) in [7, 11) is 0. The maximum absolute atomic E-state index is 14.0. The number of carbonyl (C=O) groups excluding carboxylic acids is 2. The molecule has 1 N–H and O–H groups in total. The summed E-state index contributed by atoms with van der Waals surface area (Å²) in [6, 6.07) is 8.29. The molecule has 1 saturated carbocycles. The second-order valence-electron chi connectivity index (χ2n) is 6.60. The quantitative estimate of drug-likeness (QED) is 0.658. The van der Waals surface area contributed by atoms with Crippen molar-refractivity contribution in [2.45, 2.75) is 31.2 Å². The van der Waals surface area contributed by atoms with Gasteiger partial charge in [-0.1, -0.05) is 29.8 Å². The van der Waals surface area contributed by atoms with Crippen molar-refractivity contribution >= 4 is 29.2 Å². The lowest BCUT2D eigenvalue weighted by Crippen LogP contribution is -2.56. The van der Waals surface area contributed by atoms with E-state index in [0.717, 1.165) is 10.5 Å². The van der Waals surface area contributed by atoms with Crippen LogP contribution < -0.4 is 10.2 Å². The summed E-state index contributed by atoms with van der Waals surface area (Å²) in [4.78, 5) is 29.7. The van der Waals surface area contributed by atoms with Gasteiger partial charge < -0.3 is 5.32 Å². The molecule has 5 nitrogen and oxygen atoms in total. The molecular formula is C18H15ClFN3O2. The minimum atomic E-state index is -0.989. The highest BCUT2D eigenvalue weighted by atomic mass is 35.5. The van der Waals surface area contributed by atoms with Crippen molar-refractivity contribution < 1.29 is 14.0 Å². The number of imide groups is 1. The van der Waals surface area contributed by atoms with Gasteiger partial charge in [0, 0.05) is 11.2 Å². The molecule has 3 amide bonds. The lowest BCUT2D eigenvalue weighted by molar-refractivity contribution is -0.125. The molecule has 0 bridgehead atoms. The Balaban J connectivity index is 1.61. The Morgan fingerprint density at radius 2 is 2.04 bits per heavy atom. The first-order valence-corrected chi connectivity index (χ1v) is 8.32. The van der Waals surface area contributed by atoms with Crippen molar-refractivity contribution in [3.05, 3.63) is 58.6 Å². The van der Waals surface area contributed by atoms with Gasteiger partial charge in [-0.05, 0) is 48.9 Å². The average molecular weight is 360 g/mol. The van der Waals surface area contributed by atoms with E-state index in [0.29, 0.717) is 23.4 Å². The number of rotatable bonds is 2. The van der Waals surface area contributed by atoms with E-state index in [-0.39, 0.29) is 11.6 Å². The fourth-order valence-corrected chi connectivity index (χ4v) is 3.91. The number of aryl methyl sites for hydroxylation is 1. The van der Waals surface area contributed by atoms with Gasteiger partial charge in [0.25, 0.3) is 5.91 Å². The van der Waals surface area contributed by atoms with E-state index in [1.165, 1.54) is 12.3 Å². The highest BCUT2D eigenvalue weighted by Crippen LogP contribution is 2.49. The third kappa shape index (κ3) is 2.40. The Morgan fingerprint density at radius 1 is 1.32 bits per heavy atom. The molecule has 4 rings (SSSR count). The summed E-state index contributed by atoms with van der Waals surface area (Å²) in [5.41, 5.74) is 0.525. The van der Waals surface area contributed by atoms with Gasteiger partial charge in [-0.2, -0.15) is 4.39 Å². The topological polar surface area (TPSA) is 62.3 Å². The zero-order valence-electron chi connectivity index (χ0n) is 13.4. The van der Waals surface area contributed by atoms with E-state index in [1.807, 2.05) is 18.2 Å². The third-order valence-electron chi connectivity index (χ3n) is 4.89. The SMILES string of the molecule is Cc1cnc(F)c(N2C(=O)NC3(CC(c4ccccc4Cl)C3)C2=O)c1. The number of halogens is 2. The molecule has 2 aromatic rings. The van der Waals surface area contributed by atoms with Gasteiger partial charge in [0.1, 0.15) is 11.2 Å². The van der Waals surface area contributed by atoms with E-state index in [4.69, 9.17) is 11.6 Å². The second kappa shape index (κ2) is 5.52. The predicted molar refractivity (Wildman–Crippen MR) is 91.1 cm³/mol. The summed E-state index contributed by atoms with van der Waals surface area (Å²) in [5.74, 6) is -1.20. The zero-order valence-corrected chi connectivity index (χ0v) is 14.2. The second-order valence-corrected chi connectivity index (χ2v) is 7.01. The Labute approximate surface area is 148 Å². The lowest BCUT2D eigenvalue weighted by atomic mass is 9.65. The van der Waals surface area contributed by atoms with Crippen LogP contribution in [0.5, 0.6) is 0 Å². The van der Waals surface area contributed by atoms with Gasteiger partial charge >= 0.3 is 6.03 Å². The Bertz CT molecular complexity index is 896. The fraction of sp³-hybridized carbons (Fsp3) is 0.278. The molecule has 0 atom stereocenters. The molecule has 0 radical (unpaired) electrons. The molecular weight excluding hydrogens is 345 g/mol. The first kappa shape index (κ1) is 16.0. The summed E-state index contributed by atoms with van der Waals surface area (Å²) >= 11 is 6.21. The van der Waals surface area contributed by atoms with Crippen LogP contribution >= 0.6 is 11.6 Å². The molecule has 1 spiro atoms. The maximum atomic E-state index is 14.0. The third-order valence-corrected chi connectivity index (χ3v) is 5.24. The molecule has 1 saturated heterocycles. The van der Waals surface area contributed by atoms with Gasteiger partial charge in [0.05, 0.1) is 0 Å². The van der Waals surface area contributed by atoms with Gasteiger partial charge in [0.15, 0.2) is 0 Å². The molecule has 1 aromatic carbocycles. The number of hydrogen-bond acceptors (Lipinski definition) is 3. The number of urea groups is 1. The number of hydrogen-bond donors (Lipinski definition) is 1. The van der Waals surface area contributed by atoms with Crippen LogP contribution in [0.4, 0.5) is 14.9 Å². The minimum absolute atomic E-state index is 0.0818. The first-order valence-electron chi connectivity index (χ1n) is 7.94. The Kier molecular flexibility index (Phi) is 3.54. The lowest BCUT2D eigenvalue weighted by Gasteiger charge is -2.43. The number of nitrogens with zero attached hydrogens (tertiary/aromatic N) is 2. The summed E-state index contributed by atoms with van der Waals surface area (Å²) in [6.07, 6.45) is 2.24. The molecule has 7 heteroatoms. The number of benzene rings is 1. The van der Waals surface area contributed by atoms with Crippen LogP contribution in [0.3, 0.4) is 0 Å². The van der Waals surface area contributed by atoms with Gasteiger partial charge in [-0.3, -0.25) is 4.79 Å². The number of amides is 3. The monoisotopic (exact) mass is 359 g/mol. The van der Waals surface area contributed by atoms with E-state index >= 15 is 0 Å². The predicted octanol–water partition coefficient (Wildman–Crippen LogP) is 3.56. The van der Waals surface area contributed by atoms with Crippen LogP contribution in [0.25, 0.3) is 0 Å². The first-order chi connectivity index (χ1) is 11.9. The molecule has 2 aliphatic rings. The van der Waals surface area contributed by atoms with E-state index in [2.05, 4.69) is 10.3 Å². The van der Waals surface area contributed by atoms with Gasteiger partial charge in [0.2, 0.25) is 5.95 Å². The molecule has 2 fully saturated rings. The molecule has 128 valence electrons.